The van der Waals surface area contributed by atoms with Crippen LogP contribution < -0.4 is 0 Å². The van der Waals surface area contributed by atoms with Crippen LogP contribution in [-0.2, 0) is 14.3 Å². The van der Waals surface area contributed by atoms with Gasteiger partial charge in [0.05, 0.1) is 11.6 Å². The number of aliphatic hydroxyl groups is 1. The quantitative estimate of drug-likeness (QED) is 0.374. The zero-order valence-electron chi connectivity index (χ0n) is 14.5. The van der Waals surface area contributed by atoms with Crippen LogP contribution in [0.25, 0.3) is 5.76 Å². The average Bonchev–Trinajstić information content (AvgIpc) is 2.94. The highest BCUT2D eigenvalue weighted by molar-refractivity contribution is 6.46. The standard InChI is InChI=1S/C20H20N2O4/c1-26-13-5-12-22-17(14-8-10-21-11-9-14)16(19(24)20(22)25)18(23)15-6-3-2-4-7-15/h2-4,6-11,17,23H,5,12-13H2,1H3/b18-16-. The number of pyridine rings is 1. The molecular formula is C20H20N2O4. The fraction of sp³-hybridized carbons (Fsp3) is 0.250. The molecule has 1 amide bonds. The molecule has 1 aromatic heterocycles. The predicted molar refractivity (Wildman–Crippen MR) is 96.2 cm³/mol. The number of ether oxygens (including phenoxy) is 1. The minimum Gasteiger partial charge on any atom is -0.507 e. The van der Waals surface area contributed by atoms with Gasteiger partial charge in [-0.1, -0.05) is 30.3 Å². The molecule has 1 aromatic carbocycles. The Morgan fingerprint density at radius 2 is 1.85 bits per heavy atom. The van der Waals surface area contributed by atoms with Crippen molar-refractivity contribution in [3.8, 4) is 0 Å². The summed E-state index contributed by atoms with van der Waals surface area (Å²) in [4.78, 5) is 30.8. The topological polar surface area (TPSA) is 79.7 Å². The number of hydrogen-bond donors (Lipinski definition) is 1. The summed E-state index contributed by atoms with van der Waals surface area (Å²) < 4.78 is 5.05. The summed E-state index contributed by atoms with van der Waals surface area (Å²) >= 11 is 0. The number of ketones is 1. The summed E-state index contributed by atoms with van der Waals surface area (Å²) in [6.45, 7) is 0.835. The Labute approximate surface area is 151 Å². The van der Waals surface area contributed by atoms with E-state index in [1.807, 2.05) is 6.07 Å². The minimum atomic E-state index is -0.675. The number of likely N-dealkylation sites (tertiary alicyclic amines) is 1. The molecule has 1 saturated heterocycles. The van der Waals surface area contributed by atoms with Gasteiger partial charge in [0.2, 0.25) is 0 Å². The van der Waals surface area contributed by atoms with Crippen LogP contribution in [0.1, 0.15) is 23.6 Å². The molecule has 1 atom stereocenters. The van der Waals surface area contributed by atoms with E-state index in [1.165, 1.54) is 4.90 Å². The van der Waals surface area contributed by atoms with Crippen molar-refractivity contribution in [2.24, 2.45) is 0 Å². The fourth-order valence-electron chi connectivity index (χ4n) is 3.13. The molecule has 0 spiro atoms. The van der Waals surface area contributed by atoms with Crippen molar-refractivity contribution in [3.63, 3.8) is 0 Å². The monoisotopic (exact) mass is 352 g/mol. The van der Waals surface area contributed by atoms with Gasteiger partial charge >= 0.3 is 0 Å². The predicted octanol–water partition coefficient (Wildman–Crippen LogP) is 2.54. The van der Waals surface area contributed by atoms with Crippen LogP contribution in [0.5, 0.6) is 0 Å². The lowest BCUT2D eigenvalue weighted by atomic mass is 9.96. The summed E-state index contributed by atoms with van der Waals surface area (Å²) in [5, 5.41) is 10.8. The molecule has 0 aliphatic carbocycles. The van der Waals surface area contributed by atoms with Crippen LogP contribution in [-0.4, -0.2) is 46.9 Å². The number of methoxy groups -OCH3 is 1. The number of hydrogen-bond acceptors (Lipinski definition) is 5. The Balaban J connectivity index is 2.09. The van der Waals surface area contributed by atoms with Crippen molar-refractivity contribution in [2.45, 2.75) is 12.5 Å². The number of carbonyl (C=O) groups is 2. The molecule has 0 bridgehead atoms. The Bertz CT molecular complexity index is 818. The molecule has 6 nitrogen and oxygen atoms in total. The molecule has 3 rings (SSSR count). The molecule has 1 unspecified atom stereocenters. The highest BCUT2D eigenvalue weighted by Crippen LogP contribution is 2.39. The Morgan fingerprint density at radius 1 is 1.15 bits per heavy atom. The van der Waals surface area contributed by atoms with Crippen LogP contribution in [0.3, 0.4) is 0 Å². The number of aliphatic hydroxyl groups excluding tert-OH is 1. The highest BCUT2D eigenvalue weighted by atomic mass is 16.5. The molecule has 134 valence electrons. The Kier molecular flexibility index (Phi) is 5.43. The molecular weight excluding hydrogens is 332 g/mol. The van der Waals surface area contributed by atoms with E-state index in [2.05, 4.69) is 4.98 Å². The fourth-order valence-corrected chi connectivity index (χ4v) is 3.13. The number of Topliss-reactive ketones (excluding diaryl/α,β-unsaturated/α-hetero) is 1. The van der Waals surface area contributed by atoms with Gasteiger partial charge in [0.15, 0.2) is 0 Å². The summed E-state index contributed by atoms with van der Waals surface area (Å²) in [5.41, 5.74) is 1.33. The molecule has 0 saturated carbocycles. The van der Waals surface area contributed by atoms with Crippen LogP contribution in [0.2, 0.25) is 0 Å². The normalized spacial score (nSPS) is 19.1. The van der Waals surface area contributed by atoms with Gasteiger partial charge in [-0.15, -0.1) is 0 Å². The smallest absolute Gasteiger partial charge is 0.295 e. The third-order valence-corrected chi connectivity index (χ3v) is 4.36. The number of amides is 1. The van der Waals surface area contributed by atoms with Crippen LogP contribution >= 0.6 is 0 Å². The number of rotatable bonds is 6. The van der Waals surface area contributed by atoms with E-state index in [0.717, 1.165) is 5.56 Å². The van der Waals surface area contributed by atoms with Crippen molar-refractivity contribution >= 4 is 17.4 Å². The lowest BCUT2D eigenvalue weighted by molar-refractivity contribution is -0.140. The summed E-state index contributed by atoms with van der Waals surface area (Å²) in [6, 6.07) is 11.6. The van der Waals surface area contributed by atoms with Crippen molar-refractivity contribution in [2.75, 3.05) is 20.3 Å². The third-order valence-electron chi connectivity index (χ3n) is 4.36. The van der Waals surface area contributed by atoms with E-state index in [0.29, 0.717) is 25.1 Å². The van der Waals surface area contributed by atoms with Crippen molar-refractivity contribution < 1.29 is 19.4 Å². The molecule has 1 N–H and O–H groups in total. The van der Waals surface area contributed by atoms with Crippen molar-refractivity contribution in [1.29, 1.82) is 0 Å². The lowest BCUT2D eigenvalue weighted by Gasteiger charge is -2.25. The van der Waals surface area contributed by atoms with Crippen molar-refractivity contribution in [3.05, 3.63) is 71.6 Å². The van der Waals surface area contributed by atoms with E-state index >= 15 is 0 Å². The van der Waals surface area contributed by atoms with Gasteiger partial charge in [0.25, 0.3) is 11.7 Å². The first-order valence-electron chi connectivity index (χ1n) is 8.38. The highest BCUT2D eigenvalue weighted by Gasteiger charge is 2.45. The van der Waals surface area contributed by atoms with Gasteiger partial charge in [0, 0.05) is 38.2 Å². The van der Waals surface area contributed by atoms with E-state index in [-0.39, 0.29) is 11.3 Å². The zero-order chi connectivity index (χ0) is 18.5. The molecule has 2 aromatic rings. The van der Waals surface area contributed by atoms with Crippen molar-refractivity contribution in [1.82, 2.24) is 9.88 Å². The van der Waals surface area contributed by atoms with E-state index in [4.69, 9.17) is 4.74 Å². The number of carbonyl (C=O) groups excluding carboxylic acids is 2. The maximum Gasteiger partial charge on any atom is 0.295 e. The number of nitrogens with zero attached hydrogens (tertiary/aromatic N) is 2. The SMILES string of the molecule is COCCCN1C(=O)C(=O)/C(=C(\O)c2ccccc2)C1c1ccncc1. The second-order valence-electron chi connectivity index (χ2n) is 5.99. The Hall–Kier alpha value is -2.99. The molecule has 26 heavy (non-hydrogen) atoms. The second kappa shape index (κ2) is 7.93. The molecule has 1 aliphatic heterocycles. The molecule has 1 aliphatic rings. The maximum absolute atomic E-state index is 12.7. The first-order chi connectivity index (χ1) is 12.6. The van der Waals surface area contributed by atoms with E-state index in [9.17, 15) is 14.7 Å². The number of aromatic nitrogens is 1. The number of benzene rings is 1. The van der Waals surface area contributed by atoms with Gasteiger partial charge in [-0.3, -0.25) is 14.6 Å². The molecule has 6 heteroatoms. The van der Waals surface area contributed by atoms with Gasteiger partial charge < -0.3 is 14.7 Å². The van der Waals surface area contributed by atoms with Crippen LogP contribution in [0.15, 0.2) is 60.4 Å². The van der Waals surface area contributed by atoms with Gasteiger partial charge in [-0.2, -0.15) is 0 Å². The lowest BCUT2D eigenvalue weighted by Crippen LogP contribution is -2.31. The minimum absolute atomic E-state index is 0.102. The van der Waals surface area contributed by atoms with Gasteiger partial charge in [0.1, 0.15) is 5.76 Å². The van der Waals surface area contributed by atoms with Crippen LogP contribution in [0.4, 0.5) is 0 Å². The first kappa shape index (κ1) is 17.8. The maximum atomic E-state index is 12.7. The van der Waals surface area contributed by atoms with Crippen LogP contribution in [0, 0.1) is 0 Å². The van der Waals surface area contributed by atoms with Gasteiger partial charge in [-0.05, 0) is 24.1 Å². The van der Waals surface area contributed by atoms with E-state index in [1.54, 1.807) is 55.9 Å². The molecule has 2 heterocycles. The van der Waals surface area contributed by atoms with E-state index < -0.39 is 17.7 Å². The second-order valence-corrected chi connectivity index (χ2v) is 5.99. The zero-order valence-corrected chi connectivity index (χ0v) is 14.5. The van der Waals surface area contributed by atoms with Gasteiger partial charge in [-0.25, -0.2) is 0 Å². The summed E-state index contributed by atoms with van der Waals surface area (Å²) in [6.07, 6.45) is 3.80. The third kappa shape index (κ3) is 3.36. The first-order valence-corrected chi connectivity index (χ1v) is 8.38. The largest absolute Gasteiger partial charge is 0.507 e. The molecule has 0 radical (unpaired) electrons. The average molecular weight is 352 g/mol. The molecule has 1 fully saturated rings. The Morgan fingerprint density at radius 3 is 2.50 bits per heavy atom. The summed E-state index contributed by atoms with van der Waals surface area (Å²) in [7, 11) is 1.59. The summed E-state index contributed by atoms with van der Waals surface area (Å²) in [5.74, 6) is -1.45.